The van der Waals surface area contributed by atoms with E-state index in [2.05, 4.69) is 27.0 Å². The lowest BCUT2D eigenvalue weighted by molar-refractivity contribution is 0.254. The van der Waals surface area contributed by atoms with E-state index >= 15 is 0 Å². The number of hydrogen-bond acceptors (Lipinski definition) is 5. The Morgan fingerprint density at radius 3 is 2.88 bits per heavy atom. The average Bonchev–Trinajstić information content (AvgIpc) is 2.86. The molecule has 0 N–H and O–H groups in total. The number of rotatable bonds is 2. The summed E-state index contributed by atoms with van der Waals surface area (Å²) in [6.07, 6.45) is 3.77. The minimum Gasteiger partial charge on any atom is -0.407 e. The summed E-state index contributed by atoms with van der Waals surface area (Å²) in [7, 11) is 2.23. The summed E-state index contributed by atoms with van der Waals surface area (Å²) >= 11 is 5.67. The smallest absolute Gasteiger partial charge is 0.318 e. The maximum atomic E-state index is 5.67. The van der Waals surface area contributed by atoms with Crippen molar-refractivity contribution < 1.29 is 4.42 Å². The predicted octanol–water partition coefficient (Wildman–Crippen LogP) is 1.48. The Balaban J connectivity index is 1.76. The number of likely N-dealkylation sites (N-methyl/N-ethyl adjacent to an activating group) is 1. The van der Waals surface area contributed by atoms with Crippen LogP contribution < -0.4 is 4.90 Å². The highest BCUT2D eigenvalue weighted by Crippen LogP contribution is 2.30. The van der Waals surface area contributed by atoms with E-state index in [1.807, 2.05) is 0 Å². The average molecular weight is 257 g/mol. The molecule has 6 heteroatoms. The normalized spacial score (nSPS) is 29.6. The summed E-state index contributed by atoms with van der Waals surface area (Å²) in [5.41, 5.74) is 0. The maximum Gasteiger partial charge on any atom is 0.318 e. The quantitative estimate of drug-likeness (QED) is 0.750. The fraction of sp³-hybridized carbons (Fsp3) is 0.818. The monoisotopic (exact) mass is 256 g/mol. The molecular weight excluding hydrogens is 240 g/mol. The van der Waals surface area contributed by atoms with Crippen molar-refractivity contribution in [2.75, 3.05) is 25.0 Å². The molecule has 0 amide bonds. The second kappa shape index (κ2) is 4.46. The largest absolute Gasteiger partial charge is 0.407 e. The number of aromatic nitrogens is 2. The van der Waals surface area contributed by atoms with Gasteiger partial charge < -0.3 is 9.32 Å². The Morgan fingerprint density at radius 1 is 1.29 bits per heavy atom. The molecule has 2 bridgehead atoms. The van der Waals surface area contributed by atoms with Gasteiger partial charge in [0.1, 0.15) is 5.88 Å². The minimum absolute atomic E-state index is 0.285. The zero-order chi connectivity index (χ0) is 11.8. The van der Waals surface area contributed by atoms with E-state index in [-0.39, 0.29) is 5.88 Å². The molecule has 2 fully saturated rings. The van der Waals surface area contributed by atoms with Crippen molar-refractivity contribution in [3.05, 3.63) is 5.89 Å². The molecule has 0 spiro atoms. The molecule has 2 unspecified atom stereocenters. The molecule has 17 heavy (non-hydrogen) atoms. The lowest BCUT2D eigenvalue weighted by Gasteiger charge is -2.24. The van der Waals surface area contributed by atoms with E-state index < -0.39 is 0 Å². The van der Waals surface area contributed by atoms with Gasteiger partial charge in [-0.1, -0.05) is 5.10 Å². The van der Waals surface area contributed by atoms with Crippen LogP contribution in [-0.2, 0) is 5.88 Å². The van der Waals surface area contributed by atoms with Crippen molar-refractivity contribution >= 4 is 17.6 Å². The van der Waals surface area contributed by atoms with Crippen LogP contribution >= 0.6 is 11.6 Å². The number of hydrogen-bond donors (Lipinski definition) is 0. The zero-order valence-corrected chi connectivity index (χ0v) is 10.7. The molecule has 2 aliphatic rings. The fourth-order valence-electron chi connectivity index (χ4n) is 2.91. The fourth-order valence-corrected chi connectivity index (χ4v) is 3.02. The van der Waals surface area contributed by atoms with E-state index in [1.165, 1.54) is 19.3 Å². The molecule has 0 aromatic carbocycles. The highest BCUT2D eigenvalue weighted by atomic mass is 35.5. The van der Waals surface area contributed by atoms with Crippen molar-refractivity contribution in [1.82, 2.24) is 15.1 Å². The second-order valence-electron chi connectivity index (χ2n) is 4.90. The number of alkyl halides is 1. The van der Waals surface area contributed by atoms with Gasteiger partial charge in [-0.2, -0.15) is 0 Å². The maximum absolute atomic E-state index is 5.67. The highest BCUT2D eigenvalue weighted by Gasteiger charge is 2.35. The first kappa shape index (κ1) is 11.3. The van der Waals surface area contributed by atoms with E-state index in [1.54, 1.807) is 0 Å². The van der Waals surface area contributed by atoms with E-state index in [4.69, 9.17) is 16.0 Å². The molecule has 0 aliphatic carbocycles. The molecule has 3 rings (SSSR count). The number of anilines is 1. The van der Waals surface area contributed by atoms with Gasteiger partial charge in [-0.25, -0.2) is 0 Å². The van der Waals surface area contributed by atoms with Crippen LogP contribution in [0.3, 0.4) is 0 Å². The van der Waals surface area contributed by atoms with Crippen LogP contribution in [0.5, 0.6) is 0 Å². The van der Waals surface area contributed by atoms with Gasteiger partial charge in [0.15, 0.2) is 0 Å². The number of fused-ring (bicyclic) bond motifs is 2. The Bertz CT molecular complexity index is 397. The second-order valence-corrected chi connectivity index (χ2v) is 5.16. The Kier molecular flexibility index (Phi) is 2.96. The summed E-state index contributed by atoms with van der Waals surface area (Å²) < 4.78 is 5.52. The molecule has 3 heterocycles. The molecule has 2 atom stereocenters. The van der Waals surface area contributed by atoms with Gasteiger partial charge in [0.2, 0.25) is 5.89 Å². The standard InChI is InChI=1S/C11H17ClN4O/c1-15-8-2-3-9(15)7-16(5-4-8)11-14-13-10(6-12)17-11/h8-9H,2-7H2,1H3. The topological polar surface area (TPSA) is 45.4 Å². The van der Waals surface area contributed by atoms with Crippen molar-refractivity contribution in [1.29, 1.82) is 0 Å². The van der Waals surface area contributed by atoms with E-state index in [0.29, 0.717) is 17.9 Å². The van der Waals surface area contributed by atoms with E-state index in [0.717, 1.165) is 19.1 Å². The molecule has 2 aliphatic heterocycles. The van der Waals surface area contributed by atoms with Crippen molar-refractivity contribution in [3.8, 4) is 0 Å². The van der Waals surface area contributed by atoms with Crippen molar-refractivity contribution in [3.63, 3.8) is 0 Å². The van der Waals surface area contributed by atoms with Crippen LogP contribution in [0.4, 0.5) is 6.01 Å². The molecule has 0 radical (unpaired) electrons. The summed E-state index contributed by atoms with van der Waals surface area (Å²) in [4.78, 5) is 4.70. The van der Waals surface area contributed by atoms with Gasteiger partial charge in [0, 0.05) is 25.2 Å². The number of halogens is 1. The van der Waals surface area contributed by atoms with Crippen LogP contribution in [0.2, 0.25) is 0 Å². The first-order valence-electron chi connectivity index (χ1n) is 6.13. The first-order chi connectivity index (χ1) is 8.28. The highest BCUT2D eigenvalue weighted by molar-refractivity contribution is 6.16. The van der Waals surface area contributed by atoms with Crippen LogP contribution in [0, 0.1) is 0 Å². The molecule has 1 aromatic rings. The summed E-state index contributed by atoms with van der Waals surface area (Å²) in [6.45, 7) is 1.98. The van der Waals surface area contributed by atoms with Crippen LogP contribution in [-0.4, -0.2) is 47.3 Å². The van der Waals surface area contributed by atoms with E-state index in [9.17, 15) is 0 Å². The lowest BCUT2D eigenvalue weighted by atomic mass is 10.1. The molecule has 94 valence electrons. The van der Waals surface area contributed by atoms with Gasteiger partial charge in [0.25, 0.3) is 0 Å². The summed E-state index contributed by atoms with van der Waals surface area (Å²) in [6, 6.07) is 1.97. The SMILES string of the molecule is CN1C2CCC1CN(c1nnc(CCl)o1)CC2. The summed E-state index contributed by atoms with van der Waals surface area (Å²) in [5.74, 6) is 0.789. The molecule has 2 saturated heterocycles. The zero-order valence-electron chi connectivity index (χ0n) is 9.97. The Hall–Kier alpha value is -0.810. The van der Waals surface area contributed by atoms with Crippen LogP contribution in [0.1, 0.15) is 25.2 Å². The van der Waals surface area contributed by atoms with Crippen LogP contribution in [0.25, 0.3) is 0 Å². The lowest BCUT2D eigenvalue weighted by Crippen LogP contribution is -2.36. The molecule has 1 aromatic heterocycles. The summed E-state index contributed by atoms with van der Waals surface area (Å²) in [5, 5.41) is 7.98. The first-order valence-corrected chi connectivity index (χ1v) is 6.66. The third-order valence-corrected chi connectivity index (χ3v) is 4.22. The Morgan fingerprint density at radius 2 is 2.12 bits per heavy atom. The predicted molar refractivity (Wildman–Crippen MR) is 65.3 cm³/mol. The van der Waals surface area contributed by atoms with Gasteiger partial charge >= 0.3 is 6.01 Å². The Labute approximate surface area is 106 Å². The van der Waals surface area contributed by atoms with Crippen LogP contribution in [0.15, 0.2) is 4.42 Å². The van der Waals surface area contributed by atoms with Gasteiger partial charge in [-0.15, -0.1) is 16.7 Å². The molecule has 5 nitrogen and oxygen atoms in total. The third kappa shape index (κ3) is 2.02. The van der Waals surface area contributed by atoms with Crippen molar-refractivity contribution in [2.45, 2.75) is 37.2 Å². The minimum atomic E-state index is 0.285. The van der Waals surface area contributed by atoms with Crippen molar-refractivity contribution in [2.24, 2.45) is 0 Å². The third-order valence-electron chi connectivity index (χ3n) is 3.99. The van der Waals surface area contributed by atoms with Gasteiger partial charge in [0.05, 0.1) is 0 Å². The number of nitrogens with zero attached hydrogens (tertiary/aromatic N) is 4. The van der Waals surface area contributed by atoms with Gasteiger partial charge in [-0.05, 0) is 26.3 Å². The van der Waals surface area contributed by atoms with Gasteiger partial charge in [-0.3, -0.25) is 4.90 Å². The molecular formula is C11H17ClN4O. The molecule has 0 saturated carbocycles.